The average Bonchev–Trinajstić information content (AvgIpc) is 2.77. The standard InChI is InChI=1S/C10H19N3O/c14-10-7-9(8-12-10)11-3-6-13-4-1-2-5-13/h9,11H,1-8H2,(H,12,14). The molecule has 2 N–H and O–H groups in total. The van der Waals surface area contributed by atoms with Gasteiger partial charge in [-0.25, -0.2) is 0 Å². The quantitative estimate of drug-likeness (QED) is 0.642. The lowest BCUT2D eigenvalue weighted by Crippen LogP contribution is -2.37. The molecule has 0 spiro atoms. The van der Waals surface area contributed by atoms with E-state index < -0.39 is 0 Å². The van der Waals surface area contributed by atoms with Gasteiger partial charge in [0.25, 0.3) is 0 Å². The molecule has 2 aliphatic rings. The Bertz CT molecular complexity index is 202. The Morgan fingerprint density at radius 2 is 2.21 bits per heavy atom. The monoisotopic (exact) mass is 197 g/mol. The maximum absolute atomic E-state index is 10.9. The zero-order valence-electron chi connectivity index (χ0n) is 8.59. The van der Waals surface area contributed by atoms with Crippen LogP contribution in [0.1, 0.15) is 19.3 Å². The highest BCUT2D eigenvalue weighted by Gasteiger charge is 2.20. The highest BCUT2D eigenvalue weighted by atomic mass is 16.1. The van der Waals surface area contributed by atoms with Gasteiger partial charge in [0, 0.05) is 32.1 Å². The molecule has 14 heavy (non-hydrogen) atoms. The van der Waals surface area contributed by atoms with Gasteiger partial charge in [0.15, 0.2) is 0 Å². The molecule has 2 rings (SSSR count). The molecule has 0 aromatic heterocycles. The summed E-state index contributed by atoms with van der Waals surface area (Å²) in [5.74, 6) is 0.184. The molecule has 2 saturated heterocycles. The molecule has 4 heteroatoms. The van der Waals surface area contributed by atoms with E-state index in [2.05, 4.69) is 15.5 Å². The van der Waals surface area contributed by atoms with Crippen LogP contribution in [0.4, 0.5) is 0 Å². The van der Waals surface area contributed by atoms with Gasteiger partial charge >= 0.3 is 0 Å². The minimum absolute atomic E-state index is 0.184. The summed E-state index contributed by atoms with van der Waals surface area (Å²) in [7, 11) is 0. The third-order valence-corrected chi connectivity index (χ3v) is 3.04. The van der Waals surface area contributed by atoms with Gasteiger partial charge in [-0.1, -0.05) is 0 Å². The maximum Gasteiger partial charge on any atom is 0.221 e. The summed E-state index contributed by atoms with van der Waals surface area (Å²) < 4.78 is 0. The molecule has 0 aromatic carbocycles. The predicted octanol–water partition coefficient (Wildman–Crippen LogP) is -0.440. The summed E-state index contributed by atoms with van der Waals surface area (Å²) in [6.45, 7) is 5.45. The van der Waals surface area contributed by atoms with Crippen LogP contribution in [0.3, 0.4) is 0 Å². The summed E-state index contributed by atoms with van der Waals surface area (Å²) in [6, 6.07) is 0.366. The van der Waals surface area contributed by atoms with E-state index in [0.29, 0.717) is 12.5 Å². The van der Waals surface area contributed by atoms with Crippen molar-refractivity contribution in [1.29, 1.82) is 0 Å². The van der Waals surface area contributed by atoms with E-state index in [1.165, 1.54) is 25.9 Å². The normalized spacial score (nSPS) is 28.3. The Morgan fingerprint density at radius 3 is 2.86 bits per heavy atom. The van der Waals surface area contributed by atoms with Crippen molar-refractivity contribution < 1.29 is 4.79 Å². The zero-order chi connectivity index (χ0) is 9.80. The molecule has 2 aliphatic heterocycles. The van der Waals surface area contributed by atoms with Crippen molar-refractivity contribution in [1.82, 2.24) is 15.5 Å². The van der Waals surface area contributed by atoms with Gasteiger partial charge in [-0.2, -0.15) is 0 Å². The molecule has 4 nitrogen and oxygen atoms in total. The summed E-state index contributed by atoms with van der Waals surface area (Å²) in [4.78, 5) is 13.4. The lowest BCUT2D eigenvalue weighted by molar-refractivity contribution is -0.119. The number of carbonyl (C=O) groups is 1. The van der Waals surface area contributed by atoms with E-state index >= 15 is 0 Å². The first-order valence-electron chi connectivity index (χ1n) is 5.57. The number of nitrogens with zero attached hydrogens (tertiary/aromatic N) is 1. The molecule has 1 amide bonds. The Balaban J connectivity index is 1.56. The highest BCUT2D eigenvalue weighted by Crippen LogP contribution is 2.06. The molecule has 0 saturated carbocycles. The Hall–Kier alpha value is -0.610. The molecular formula is C10H19N3O. The molecular weight excluding hydrogens is 178 g/mol. The van der Waals surface area contributed by atoms with Crippen LogP contribution in [0.25, 0.3) is 0 Å². The van der Waals surface area contributed by atoms with Crippen molar-refractivity contribution >= 4 is 5.91 Å². The van der Waals surface area contributed by atoms with Crippen molar-refractivity contribution in [3.05, 3.63) is 0 Å². The maximum atomic E-state index is 10.9. The highest BCUT2D eigenvalue weighted by molar-refractivity contribution is 5.78. The molecule has 1 atom stereocenters. The fourth-order valence-corrected chi connectivity index (χ4v) is 2.18. The summed E-state index contributed by atoms with van der Waals surface area (Å²) in [5.41, 5.74) is 0. The van der Waals surface area contributed by atoms with Gasteiger partial charge in [0.2, 0.25) is 5.91 Å². The number of rotatable bonds is 4. The first-order chi connectivity index (χ1) is 6.84. The van der Waals surface area contributed by atoms with Crippen LogP contribution < -0.4 is 10.6 Å². The van der Waals surface area contributed by atoms with E-state index in [1.807, 2.05) is 0 Å². The third-order valence-electron chi connectivity index (χ3n) is 3.04. The van der Waals surface area contributed by atoms with E-state index in [1.54, 1.807) is 0 Å². The van der Waals surface area contributed by atoms with E-state index in [0.717, 1.165) is 19.6 Å². The fraction of sp³-hybridized carbons (Fsp3) is 0.900. The fourth-order valence-electron chi connectivity index (χ4n) is 2.18. The number of nitrogens with one attached hydrogen (secondary N) is 2. The SMILES string of the molecule is O=C1CC(NCCN2CCCC2)CN1. The van der Waals surface area contributed by atoms with E-state index in [4.69, 9.17) is 0 Å². The number of carbonyl (C=O) groups excluding carboxylic acids is 1. The minimum atomic E-state index is 0.184. The second-order valence-corrected chi connectivity index (χ2v) is 4.21. The van der Waals surface area contributed by atoms with Crippen molar-refractivity contribution in [2.24, 2.45) is 0 Å². The van der Waals surface area contributed by atoms with Crippen LogP contribution in [-0.2, 0) is 4.79 Å². The average molecular weight is 197 g/mol. The van der Waals surface area contributed by atoms with E-state index in [-0.39, 0.29) is 5.91 Å². The topological polar surface area (TPSA) is 44.4 Å². The van der Waals surface area contributed by atoms with Crippen molar-refractivity contribution in [2.75, 3.05) is 32.7 Å². The number of amides is 1. The van der Waals surface area contributed by atoms with Crippen LogP contribution in [0.15, 0.2) is 0 Å². The summed E-state index contributed by atoms with van der Waals surface area (Å²) >= 11 is 0. The van der Waals surface area contributed by atoms with Crippen molar-refractivity contribution in [3.63, 3.8) is 0 Å². The molecule has 2 heterocycles. The molecule has 0 aliphatic carbocycles. The predicted molar refractivity (Wildman–Crippen MR) is 55.1 cm³/mol. The molecule has 2 fully saturated rings. The molecule has 0 aromatic rings. The number of hydrogen-bond donors (Lipinski definition) is 2. The Labute approximate surface area is 85.0 Å². The van der Waals surface area contributed by atoms with Gasteiger partial charge in [-0.3, -0.25) is 4.79 Å². The van der Waals surface area contributed by atoms with Gasteiger partial charge < -0.3 is 15.5 Å². The van der Waals surface area contributed by atoms with E-state index in [9.17, 15) is 4.79 Å². The smallest absolute Gasteiger partial charge is 0.221 e. The van der Waals surface area contributed by atoms with Gasteiger partial charge in [0.05, 0.1) is 0 Å². The third kappa shape index (κ3) is 2.69. The van der Waals surface area contributed by atoms with Crippen LogP contribution in [0, 0.1) is 0 Å². The summed E-state index contributed by atoms with van der Waals surface area (Å²) in [5, 5.41) is 6.25. The van der Waals surface area contributed by atoms with Gasteiger partial charge in [0.1, 0.15) is 0 Å². The van der Waals surface area contributed by atoms with Crippen LogP contribution in [0.2, 0.25) is 0 Å². The molecule has 0 bridgehead atoms. The number of hydrogen-bond acceptors (Lipinski definition) is 3. The number of likely N-dealkylation sites (tertiary alicyclic amines) is 1. The Kier molecular flexibility index (Phi) is 3.37. The van der Waals surface area contributed by atoms with Crippen LogP contribution >= 0.6 is 0 Å². The lowest BCUT2D eigenvalue weighted by atomic mass is 10.2. The minimum Gasteiger partial charge on any atom is -0.354 e. The van der Waals surface area contributed by atoms with Gasteiger partial charge in [-0.05, 0) is 25.9 Å². The molecule has 1 unspecified atom stereocenters. The second kappa shape index (κ2) is 4.75. The molecule has 80 valence electrons. The first kappa shape index (κ1) is 9.93. The summed E-state index contributed by atoms with van der Waals surface area (Å²) in [6.07, 6.45) is 3.35. The molecule has 0 radical (unpaired) electrons. The van der Waals surface area contributed by atoms with Gasteiger partial charge in [-0.15, -0.1) is 0 Å². The zero-order valence-corrected chi connectivity index (χ0v) is 8.59. The largest absolute Gasteiger partial charge is 0.354 e. The van der Waals surface area contributed by atoms with Crippen LogP contribution in [0.5, 0.6) is 0 Å². The van der Waals surface area contributed by atoms with Crippen molar-refractivity contribution in [2.45, 2.75) is 25.3 Å². The van der Waals surface area contributed by atoms with Crippen LogP contribution in [-0.4, -0.2) is 49.6 Å². The Morgan fingerprint density at radius 1 is 1.43 bits per heavy atom. The first-order valence-corrected chi connectivity index (χ1v) is 5.57. The van der Waals surface area contributed by atoms with Crippen molar-refractivity contribution in [3.8, 4) is 0 Å². The second-order valence-electron chi connectivity index (χ2n) is 4.21. The lowest BCUT2D eigenvalue weighted by Gasteiger charge is -2.16.